The molecule has 5 nitrogen and oxygen atoms in total. The number of rotatable bonds is 4. The summed E-state index contributed by atoms with van der Waals surface area (Å²) in [6, 6.07) is 6.57. The van der Waals surface area contributed by atoms with Crippen LogP contribution in [-0.2, 0) is 10.0 Å². The third-order valence-electron chi connectivity index (χ3n) is 1.80. The molecule has 0 unspecified atom stereocenters. The molecule has 0 aliphatic carbocycles. The highest BCUT2D eigenvalue weighted by Gasteiger charge is 2.17. The van der Waals surface area contributed by atoms with Crippen LogP contribution < -0.4 is 10.9 Å². The van der Waals surface area contributed by atoms with Crippen LogP contribution in [0.1, 0.15) is 16.8 Å². The molecule has 0 heterocycles. The number of benzene rings is 1. The smallest absolute Gasteiger partial charge is 0.238 e. The average Bonchev–Trinajstić information content (AvgIpc) is 2.17. The van der Waals surface area contributed by atoms with Crippen LogP contribution in [0.2, 0.25) is 0 Å². The van der Waals surface area contributed by atoms with Crippen molar-refractivity contribution >= 4 is 15.8 Å². The Morgan fingerprint density at radius 1 is 1.47 bits per heavy atom. The van der Waals surface area contributed by atoms with Crippen molar-refractivity contribution in [3.05, 3.63) is 29.8 Å². The van der Waals surface area contributed by atoms with Crippen molar-refractivity contribution in [3.63, 3.8) is 0 Å². The van der Waals surface area contributed by atoms with Gasteiger partial charge in [0.05, 0.1) is 4.90 Å². The molecular formula is C9H11N2O3S. The van der Waals surface area contributed by atoms with Gasteiger partial charge in [0.2, 0.25) is 10.0 Å². The third-order valence-corrected chi connectivity index (χ3v) is 2.77. The number of primary sulfonamides is 1. The van der Waals surface area contributed by atoms with Crippen LogP contribution in [0, 0.1) is 6.07 Å². The first-order valence-corrected chi connectivity index (χ1v) is 5.77. The maximum Gasteiger partial charge on any atom is 0.238 e. The van der Waals surface area contributed by atoms with Crippen LogP contribution in [-0.4, -0.2) is 20.7 Å². The fourth-order valence-corrected chi connectivity index (χ4v) is 1.88. The number of hydrogen-bond acceptors (Lipinski definition) is 4. The highest BCUT2D eigenvalue weighted by atomic mass is 32.2. The molecule has 1 radical (unpaired) electrons. The largest absolute Gasteiger partial charge is 0.330 e. The maximum atomic E-state index is 11.5. The summed E-state index contributed by atoms with van der Waals surface area (Å²) in [5.41, 5.74) is 5.26. The summed E-state index contributed by atoms with van der Waals surface area (Å²) in [4.78, 5) is 11.3. The molecule has 81 valence electrons. The second-order valence-corrected chi connectivity index (χ2v) is 4.46. The van der Waals surface area contributed by atoms with E-state index in [1.54, 1.807) is 0 Å². The topological polar surface area (TPSA) is 103 Å². The first-order chi connectivity index (χ1) is 6.96. The summed E-state index contributed by atoms with van der Waals surface area (Å²) in [7, 11) is -3.88. The van der Waals surface area contributed by atoms with Gasteiger partial charge in [-0.3, -0.25) is 4.79 Å². The Balaban J connectivity index is 3.25. The Hall–Kier alpha value is -1.24. The zero-order valence-corrected chi connectivity index (χ0v) is 8.75. The van der Waals surface area contributed by atoms with Gasteiger partial charge in [-0.15, -0.1) is 0 Å². The van der Waals surface area contributed by atoms with E-state index in [1.165, 1.54) is 18.2 Å². The van der Waals surface area contributed by atoms with Crippen molar-refractivity contribution in [1.82, 2.24) is 0 Å². The van der Waals surface area contributed by atoms with Gasteiger partial charge in [0.25, 0.3) is 0 Å². The molecule has 4 N–H and O–H groups in total. The summed E-state index contributed by atoms with van der Waals surface area (Å²) in [6.07, 6.45) is 0.0837. The van der Waals surface area contributed by atoms with E-state index in [4.69, 9.17) is 10.9 Å². The summed E-state index contributed by atoms with van der Waals surface area (Å²) in [5.74, 6) is -0.349. The Kier molecular flexibility index (Phi) is 3.57. The number of Topliss-reactive ketones (excluding diaryl/α,β-unsaturated/α-hetero) is 1. The molecule has 0 aliphatic heterocycles. The fourth-order valence-electron chi connectivity index (χ4n) is 1.15. The van der Waals surface area contributed by atoms with Crippen molar-refractivity contribution in [3.8, 4) is 0 Å². The minimum absolute atomic E-state index is 0.0467. The van der Waals surface area contributed by atoms with Crippen molar-refractivity contribution in [2.24, 2.45) is 10.9 Å². The molecule has 1 aromatic rings. The Morgan fingerprint density at radius 2 is 2.13 bits per heavy atom. The number of hydrogen-bond donors (Lipinski definition) is 2. The molecule has 1 rings (SSSR count). The number of carbonyl (C=O) groups excluding carboxylic acids is 1. The van der Waals surface area contributed by atoms with E-state index in [-0.39, 0.29) is 29.2 Å². The molecule has 0 saturated heterocycles. The van der Waals surface area contributed by atoms with Crippen LogP contribution in [0.4, 0.5) is 0 Å². The van der Waals surface area contributed by atoms with E-state index in [0.717, 1.165) is 0 Å². The lowest BCUT2D eigenvalue weighted by Gasteiger charge is -2.05. The third kappa shape index (κ3) is 2.85. The van der Waals surface area contributed by atoms with Crippen LogP contribution in [0.15, 0.2) is 23.1 Å². The van der Waals surface area contributed by atoms with Crippen molar-refractivity contribution in [2.45, 2.75) is 11.3 Å². The Labute approximate surface area is 88.1 Å². The van der Waals surface area contributed by atoms with Crippen LogP contribution in [0.3, 0.4) is 0 Å². The minimum atomic E-state index is -3.88. The molecule has 0 amide bonds. The van der Waals surface area contributed by atoms with Gasteiger partial charge in [0.1, 0.15) is 0 Å². The van der Waals surface area contributed by atoms with Gasteiger partial charge >= 0.3 is 0 Å². The highest BCUT2D eigenvalue weighted by molar-refractivity contribution is 7.89. The fraction of sp³-hybridized carbons (Fsp3) is 0.222. The van der Waals surface area contributed by atoms with Gasteiger partial charge in [0.15, 0.2) is 5.78 Å². The minimum Gasteiger partial charge on any atom is -0.330 e. The van der Waals surface area contributed by atoms with Crippen molar-refractivity contribution in [1.29, 1.82) is 0 Å². The van der Waals surface area contributed by atoms with E-state index >= 15 is 0 Å². The van der Waals surface area contributed by atoms with Gasteiger partial charge in [-0.2, -0.15) is 0 Å². The van der Waals surface area contributed by atoms with E-state index < -0.39 is 10.0 Å². The Morgan fingerprint density at radius 3 is 2.67 bits per heavy atom. The number of carbonyl (C=O) groups is 1. The van der Waals surface area contributed by atoms with E-state index in [1.807, 2.05) is 0 Å². The summed E-state index contributed by atoms with van der Waals surface area (Å²) < 4.78 is 22.3. The summed E-state index contributed by atoms with van der Waals surface area (Å²) in [6.45, 7) is 0.164. The molecule has 0 saturated carbocycles. The first kappa shape index (κ1) is 11.8. The van der Waals surface area contributed by atoms with Crippen molar-refractivity contribution < 1.29 is 13.2 Å². The lowest BCUT2D eigenvalue weighted by atomic mass is 10.1. The quantitative estimate of drug-likeness (QED) is 0.687. The number of ketones is 1. The lowest BCUT2D eigenvalue weighted by molar-refractivity contribution is 0.0982. The molecule has 0 atom stereocenters. The molecule has 6 heteroatoms. The summed E-state index contributed by atoms with van der Waals surface area (Å²) >= 11 is 0. The molecule has 0 aliphatic rings. The summed E-state index contributed by atoms with van der Waals surface area (Å²) in [5, 5.41) is 4.97. The van der Waals surface area contributed by atoms with Gasteiger partial charge in [-0.1, -0.05) is 6.07 Å². The monoisotopic (exact) mass is 227 g/mol. The van der Waals surface area contributed by atoms with Gasteiger partial charge in [0, 0.05) is 12.0 Å². The zero-order valence-electron chi connectivity index (χ0n) is 7.93. The second-order valence-electron chi connectivity index (χ2n) is 2.93. The second kappa shape index (κ2) is 4.52. The molecule has 0 spiro atoms. The van der Waals surface area contributed by atoms with E-state index in [2.05, 4.69) is 6.07 Å². The van der Waals surface area contributed by atoms with Gasteiger partial charge in [-0.05, 0) is 24.7 Å². The van der Waals surface area contributed by atoms with Crippen LogP contribution in [0.5, 0.6) is 0 Å². The zero-order chi connectivity index (χ0) is 11.5. The number of sulfonamides is 1. The molecule has 1 aromatic carbocycles. The predicted molar refractivity (Wildman–Crippen MR) is 54.7 cm³/mol. The lowest BCUT2D eigenvalue weighted by Crippen LogP contribution is -2.18. The standard InChI is InChI=1S/C9H11N2O3S/c10-6-5-8(12)7-3-1-2-4-9(7)15(11,13)14/h2-4H,5-6,10H2,(H2,11,13,14). The van der Waals surface area contributed by atoms with E-state index in [9.17, 15) is 13.2 Å². The highest BCUT2D eigenvalue weighted by Crippen LogP contribution is 2.14. The maximum absolute atomic E-state index is 11.5. The van der Waals surface area contributed by atoms with Crippen molar-refractivity contribution in [2.75, 3.05) is 6.54 Å². The molecule has 0 fully saturated rings. The SMILES string of the molecule is NCCC(=O)c1c[c]ccc1S(N)(=O)=O. The van der Waals surface area contributed by atoms with Gasteiger partial charge in [-0.25, -0.2) is 13.6 Å². The normalized spacial score (nSPS) is 11.3. The average molecular weight is 227 g/mol. The van der Waals surface area contributed by atoms with Crippen LogP contribution in [0.25, 0.3) is 0 Å². The predicted octanol–water partition coefficient (Wildman–Crippen LogP) is -0.334. The van der Waals surface area contributed by atoms with Crippen LogP contribution >= 0.6 is 0 Å². The molecule has 0 aromatic heterocycles. The molecular weight excluding hydrogens is 216 g/mol. The molecule has 0 bridgehead atoms. The molecule has 15 heavy (non-hydrogen) atoms. The van der Waals surface area contributed by atoms with E-state index in [0.29, 0.717) is 0 Å². The number of nitrogens with two attached hydrogens (primary N) is 2. The first-order valence-electron chi connectivity index (χ1n) is 4.23. The van der Waals surface area contributed by atoms with Gasteiger partial charge < -0.3 is 5.73 Å². The Bertz CT molecular complexity index is 468.